The number of hydrazine groups is 1. The average molecular weight is 262 g/mol. The smallest absolute Gasteiger partial charge is 0.237 e. The summed E-state index contributed by atoms with van der Waals surface area (Å²) in [4.78, 5) is 8.27. The number of ether oxygens (including phenoxy) is 1. The molecule has 2 aromatic rings. The predicted octanol–water partition coefficient (Wildman–Crippen LogP) is 2.28. The Kier molecular flexibility index (Phi) is 3.91. The predicted molar refractivity (Wildman–Crippen MR) is 71.1 cm³/mol. The molecular weight excluding hydrogens is 247 g/mol. The summed E-state index contributed by atoms with van der Waals surface area (Å²) >= 11 is 0. The van der Waals surface area contributed by atoms with E-state index in [9.17, 15) is 4.39 Å². The van der Waals surface area contributed by atoms with Gasteiger partial charge in [-0.25, -0.2) is 20.2 Å². The first-order chi connectivity index (χ1) is 9.13. The fourth-order valence-electron chi connectivity index (χ4n) is 1.71. The first kappa shape index (κ1) is 13.2. The van der Waals surface area contributed by atoms with Crippen LogP contribution < -0.4 is 16.0 Å². The molecule has 0 fully saturated rings. The Morgan fingerprint density at radius 1 is 1.32 bits per heavy atom. The first-order valence-electron chi connectivity index (χ1n) is 5.89. The molecule has 0 unspecified atom stereocenters. The highest BCUT2D eigenvalue weighted by Crippen LogP contribution is 2.25. The number of halogens is 1. The van der Waals surface area contributed by atoms with Crippen LogP contribution in [0.1, 0.15) is 12.6 Å². The Morgan fingerprint density at radius 2 is 2.11 bits per heavy atom. The standard InChI is InChI=1S/C13H15FN4O/c1-3-19-12-5-4-9(7-10(12)14)11-6-8(2)16-13(17-11)18-15/h4-7H,3,15H2,1-2H3,(H,16,17,18). The minimum Gasteiger partial charge on any atom is -0.491 e. The van der Waals surface area contributed by atoms with E-state index in [1.54, 1.807) is 25.1 Å². The van der Waals surface area contributed by atoms with Gasteiger partial charge < -0.3 is 4.74 Å². The number of benzene rings is 1. The van der Waals surface area contributed by atoms with Gasteiger partial charge in [0.1, 0.15) is 0 Å². The number of nitrogens with zero attached hydrogens (tertiary/aromatic N) is 2. The van der Waals surface area contributed by atoms with Gasteiger partial charge in [0.15, 0.2) is 11.6 Å². The van der Waals surface area contributed by atoms with E-state index in [0.717, 1.165) is 5.69 Å². The molecule has 0 aliphatic heterocycles. The number of nitrogen functional groups attached to an aromatic ring is 1. The third-order valence-electron chi connectivity index (χ3n) is 2.51. The van der Waals surface area contributed by atoms with Gasteiger partial charge in [-0.2, -0.15) is 0 Å². The number of rotatable bonds is 4. The molecule has 2 rings (SSSR count). The summed E-state index contributed by atoms with van der Waals surface area (Å²) < 4.78 is 19.0. The summed E-state index contributed by atoms with van der Waals surface area (Å²) in [6, 6.07) is 6.47. The second-order valence-corrected chi connectivity index (χ2v) is 3.94. The maximum Gasteiger partial charge on any atom is 0.237 e. The van der Waals surface area contributed by atoms with Gasteiger partial charge in [-0.1, -0.05) is 0 Å². The van der Waals surface area contributed by atoms with Crippen molar-refractivity contribution in [1.29, 1.82) is 0 Å². The number of hydrogen-bond acceptors (Lipinski definition) is 5. The second-order valence-electron chi connectivity index (χ2n) is 3.94. The van der Waals surface area contributed by atoms with Gasteiger partial charge in [0.25, 0.3) is 0 Å². The third kappa shape index (κ3) is 2.97. The number of hydrogen-bond donors (Lipinski definition) is 2. The first-order valence-corrected chi connectivity index (χ1v) is 5.89. The molecule has 1 aromatic carbocycles. The number of aromatic nitrogens is 2. The van der Waals surface area contributed by atoms with E-state index in [4.69, 9.17) is 10.6 Å². The minimum absolute atomic E-state index is 0.231. The normalized spacial score (nSPS) is 10.3. The van der Waals surface area contributed by atoms with Crippen LogP contribution in [-0.4, -0.2) is 16.6 Å². The van der Waals surface area contributed by atoms with Crippen LogP contribution in [-0.2, 0) is 0 Å². The Bertz CT molecular complexity index is 589. The van der Waals surface area contributed by atoms with Gasteiger partial charge in [-0.3, -0.25) is 5.43 Å². The van der Waals surface area contributed by atoms with E-state index in [2.05, 4.69) is 15.4 Å². The molecule has 100 valence electrons. The van der Waals surface area contributed by atoms with Gasteiger partial charge in [0.05, 0.1) is 12.3 Å². The lowest BCUT2D eigenvalue weighted by atomic mass is 10.1. The molecule has 6 heteroatoms. The summed E-state index contributed by atoms with van der Waals surface area (Å²) in [5.74, 6) is 5.40. The van der Waals surface area contributed by atoms with E-state index in [1.165, 1.54) is 6.07 Å². The van der Waals surface area contributed by atoms with Gasteiger partial charge in [-0.05, 0) is 38.1 Å². The third-order valence-corrected chi connectivity index (χ3v) is 2.51. The molecule has 0 aliphatic rings. The Morgan fingerprint density at radius 3 is 2.74 bits per heavy atom. The Labute approximate surface area is 110 Å². The van der Waals surface area contributed by atoms with Crippen LogP contribution in [0.2, 0.25) is 0 Å². The Balaban J connectivity index is 2.41. The Hall–Kier alpha value is -2.21. The highest BCUT2D eigenvalue weighted by Gasteiger charge is 2.08. The van der Waals surface area contributed by atoms with Crippen LogP contribution in [0, 0.1) is 12.7 Å². The molecule has 0 amide bonds. The lowest BCUT2D eigenvalue weighted by Gasteiger charge is -2.08. The monoisotopic (exact) mass is 262 g/mol. The number of aryl methyl sites for hydroxylation is 1. The van der Waals surface area contributed by atoms with Gasteiger partial charge >= 0.3 is 0 Å². The lowest BCUT2D eigenvalue weighted by Crippen LogP contribution is -2.11. The van der Waals surface area contributed by atoms with Crippen LogP contribution >= 0.6 is 0 Å². The molecule has 0 spiro atoms. The highest BCUT2D eigenvalue weighted by molar-refractivity contribution is 5.62. The molecule has 19 heavy (non-hydrogen) atoms. The minimum atomic E-state index is -0.419. The number of nitrogens with one attached hydrogen (secondary N) is 1. The molecular formula is C13H15FN4O. The topological polar surface area (TPSA) is 73.1 Å². The van der Waals surface area contributed by atoms with Gasteiger partial charge in [0.2, 0.25) is 5.95 Å². The zero-order chi connectivity index (χ0) is 13.8. The van der Waals surface area contributed by atoms with Crippen molar-refractivity contribution in [3.05, 3.63) is 35.8 Å². The maximum atomic E-state index is 13.8. The fraction of sp³-hybridized carbons (Fsp3) is 0.231. The quantitative estimate of drug-likeness (QED) is 0.653. The van der Waals surface area contributed by atoms with Crippen molar-refractivity contribution in [2.45, 2.75) is 13.8 Å². The molecule has 0 saturated heterocycles. The highest BCUT2D eigenvalue weighted by atomic mass is 19.1. The summed E-state index contributed by atoms with van der Waals surface area (Å²) in [6.07, 6.45) is 0. The van der Waals surface area contributed by atoms with E-state index in [-0.39, 0.29) is 5.75 Å². The van der Waals surface area contributed by atoms with Crippen LogP contribution in [0.3, 0.4) is 0 Å². The van der Waals surface area contributed by atoms with Gasteiger partial charge in [0, 0.05) is 11.3 Å². The summed E-state index contributed by atoms with van der Waals surface area (Å²) in [5, 5.41) is 0. The van der Waals surface area contributed by atoms with Crippen molar-refractivity contribution < 1.29 is 9.13 Å². The average Bonchev–Trinajstić information content (AvgIpc) is 2.40. The van der Waals surface area contributed by atoms with Crippen LogP contribution in [0.5, 0.6) is 5.75 Å². The van der Waals surface area contributed by atoms with Crippen molar-refractivity contribution in [3.8, 4) is 17.0 Å². The van der Waals surface area contributed by atoms with Crippen molar-refractivity contribution >= 4 is 5.95 Å². The van der Waals surface area contributed by atoms with Crippen LogP contribution in [0.4, 0.5) is 10.3 Å². The SMILES string of the molecule is CCOc1ccc(-c2cc(C)nc(NN)n2)cc1F. The van der Waals surface area contributed by atoms with E-state index >= 15 is 0 Å². The second kappa shape index (κ2) is 5.62. The zero-order valence-corrected chi connectivity index (χ0v) is 10.8. The van der Waals surface area contributed by atoms with E-state index in [1.807, 2.05) is 6.92 Å². The molecule has 0 radical (unpaired) electrons. The van der Waals surface area contributed by atoms with E-state index in [0.29, 0.717) is 23.8 Å². The number of anilines is 1. The molecule has 1 heterocycles. The molecule has 3 N–H and O–H groups in total. The molecule has 0 saturated carbocycles. The molecule has 1 aromatic heterocycles. The van der Waals surface area contributed by atoms with Crippen molar-refractivity contribution in [3.63, 3.8) is 0 Å². The zero-order valence-electron chi connectivity index (χ0n) is 10.8. The van der Waals surface area contributed by atoms with Crippen molar-refractivity contribution in [1.82, 2.24) is 9.97 Å². The molecule has 0 aliphatic carbocycles. The lowest BCUT2D eigenvalue weighted by molar-refractivity contribution is 0.321. The van der Waals surface area contributed by atoms with E-state index < -0.39 is 5.82 Å². The molecule has 5 nitrogen and oxygen atoms in total. The van der Waals surface area contributed by atoms with Crippen LogP contribution in [0.25, 0.3) is 11.3 Å². The summed E-state index contributed by atoms with van der Waals surface area (Å²) in [6.45, 7) is 4.04. The van der Waals surface area contributed by atoms with Crippen molar-refractivity contribution in [2.24, 2.45) is 5.84 Å². The fourth-order valence-corrected chi connectivity index (χ4v) is 1.71. The largest absolute Gasteiger partial charge is 0.491 e. The molecule has 0 atom stereocenters. The van der Waals surface area contributed by atoms with Crippen LogP contribution in [0.15, 0.2) is 24.3 Å². The van der Waals surface area contributed by atoms with Gasteiger partial charge in [-0.15, -0.1) is 0 Å². The maximum absolute atomic E-state index is 13.8. The molecule has 0 bridgehead atoms. The summed E-state index contributed by atoms with van der Waals surface area (Å²) in [5.41, 5.74) is 4.37. The van der Waals surface area contributed by atoms with Crippen molar-refractivity contribution in [2.75, 3.05) is 12.0 Å². The number of nitrogens with two attached hydrogens (primary N) is 1. The summed E-state index contributed by atoms with van der Waals surface area (Å²) in [7, 11) is 0.